The SMILES string of the molecule is COc1cccc(CN(C)C(=O)CSc2nnc(-c3cc(OC)c(OC)c(OC)c3)o2)c1. The van der Waals surface area contributed by atoms with Gasteiger partial charge in [0.2, 0.25) is 17.5 Å². The van der Waals surface area contributed by atoms with Gasteiger partial charge in [0.15, 0.2) is 11.5 Å². The molecule has 0 bridgehead atoms. The highest BCUT2D eigenvalue weighted by molar-refractivity contribution is 7.99. The highest BCUT2D eigenvalue weighted by atomic mass is 32.2. The second-order valence-electron chi connectivity index (χ2n) is 6.68. The Kier molecular flexibility index (Phi) is 7.82. The fraction of sp³-hybridized carbons (Fsp3) is 0.318. The van der Waals surface area contributed by atoms with Gasteiger partial charge in [0.05, 0.1) is 34.2 Å². The maximum absolute atomic E-state index is 12.5. The molecule has 0 N–H and O–H groups in total. The first-order valence-corrected chi connectivity index (χ1v) is 10.6. The van der Waals surface area contributed by atoms with Gasteiger partial charge in [-0.05, 0) is 29.8 Å². The Labute approximate surface area is 190 Å². The number of nitrogens with zero attached hydrogens (tertiary/aromatic N) is 3. The molecule has 1 heterocycles. The second kappa shape index (κ2) is 10.8. The van der Waals surface area contributed by atoms with Crippen LogP contribution < -0.4 is 18.9 Å². The number of methoxy groups -OCH3 is 4. The molecule has 3 rings (SSSR count). The average Bonchev–Trinajstić information content (AvgIpc) is 3.30. The van der Waals surface area contributed by atoms with E-state index in [9.17, 15) is 4.79 Å². The Morgan fingerprint density at radius 1 is 1.00 bits per heavy atom. The van der Waals surface area contributed by atoms with Gasteiger partial charge >= 0.3 is 0 Å². The van der Waals surface area contributed by atoms with Crippen LogP contribution in [-0.4, -0.2) is 62.2 Å². The van der Waals surface area contributed by atoms with Crippen LogP contribution in [0.2, 0.25) is 0 Å². The van der Waals surface area contributed by atoms with Crippen LogP contribution in [0.25, 0.3) is 11.5 Å². The number of aromatic nitrogens is 2. The molecule has 9 nitrogen and oxygen atoms in total. The molecule has 0 saturated heterocycles. The molecule has 0 fully saturated rings. The number of amides is 1. The lowest BCUT2D eigenvalue weighted by molar-refractivity contribution is -0.127. The summed E-state index contributed by atoms with van der Waals surface area (Å²) in [4.78, 5) is 14.2. The number of ether oxygens (including phenoxy) is 4. The van der Waals surface area contributed by atoms with Crippen LogP contribution in [0, 0.1) is 0 Å². The molecular formula is C22H25N3O6S. The summed E-state index contributed by atoms with van der Waals surface area (Å²) in [5.74, 6) is 2.55. The molecule has 32 heavy (non-hydrogen) atoms. The Bertz CT molecular complexity index is 1050. The van der Waals surface area contributed by atoms with Crippen LogP contribution in [0.15, 0.2) is 46.0 Å². The first kappa shape index (κ1) is 23.3. The number of carbonyl (C=O) groups is 1. The summed E-state index contributed by atoms with van der Waals surface area (Å²) in [7, 11) is 7.95. The fourth-order valence-corrected chi connectivity index (χ4v) is 3.66. The third-order valence-electron chi connectivity index (χ3n) is 4.62. The zero-order valence-electron chi connectivity index (χ0n) is 18.6. The molecule has 0 saturated carbocycles. The number of rotatable bonds is 10. The van der Waals surface area contributed by atoms with Gasteiger partial charge < -0.3 is 28.3 Å². The van der Waals surface area contributed by atoms with E-state index in [4.69, 9.17) is 23.4 Å². The Morgan fingerprint density at radius 2 is 1.72 bits per heavy atom. The summed E-state index contributed by atoms with van der Waals surface area (Å²) in [6.45, 7) is 0.469. The van der Waals surface area contributed by atoms with Gasteiger partial charge in [0.1, 0.15) is 5.75 Å². The monoisotopic (exact) mass is 459 g/mol. The fourth-order valence-electron chi connectivity index (χ4n) is 2.96. The number of hydrogen-bond donors (Lipinski definition) is 0. The predicted molar refractivity (Wildman–Crippen MR) is 120 cm³/mol. The van der Waals surface area contributed by atoms with Crippen molar-refractivity contribution < 1.29 is 28.2 Å². The molecule has 3 aromatic rings. The van der Waals surface area contributed by atoms with Crippen molar-refractivity contribution in [3.63, 3.8) is 0 Å². The average molecular weight is 460 g/mol. The highest BCUT2D eigenvalue weighted by Gasteiger charge is 2.18. The van der Waals surface area contributed by atoms with Crippen molar-refractivity contribution in [1.82, 2.24) is 15.1 Å². The quantitative estimate of drug-likeness (QED) is 0.422. The molecule has 170 valence electrons. The molecule has 10 heteroatoms. The second-order valence-corrected chi connectivity index (χ2v) is 7.60. The van der Waals surface area contributed by atoms with Gasteiger partial charge in [0.25, 0.3) is 5.22 Å². The van der Waals surface area contributed by atoms with Crippen molar-refractivity contribution in [2.24, 2.45) is 0 Å². The molecule has 1 amide bonds. The summed E-state index contributed by atoms with van der Waals surface area (Å²) in [5, 5.41) is 8.39. The molecule has 0 aliphatic rings. The molecule has 2 aromatic carbocycles. The normalized spacial score (nSPS) is 10.5. The van der Waals surface area contributed by atoms with Crippen LogP contribution in [0.1, 0.15) is 5.56 Å². The van der Waals surface area contributed by atoms with E-state index in [0.29, 0.717) is 29.4 Å². The first-order valence-electron chi connectivity index (χ1n) is 9.62. The topological polar surface area (TPSA) is 96.2 Å². The molecule has 0 aliphatic carbocycles. The van der Waals surface area contributed by atoms with Gasteiger partial charge in [-0.15, -0.1) is 10.2 Å². The van der Waals surface area contributed by atoms with Gasteiger partial charge in [-0.25, -0.2) is 0 Å². The minimum absolute atomic E-state index is 0.0645. The van der Waals surface area contributed by atoms with E-state index in [1.807, 2.05) is 24.3 Å². The van der Waals surface area contributed by atoms with Crippen LogP contribution in [0.5, 0.6) is 23.0 Å². The summed E-state index contributed by atoms with van der Waals surface area (Å²) < 4.78 is 27.0. The third kappa shape index (κ3) is 5.44. The van der Waals surface area contributed by atoms with Crippen LogP contribution in [0.3, 0.4) is 0 Å². The van der Waals surface area contributed by atoms with Crippen molar-refractivity contribution in [1.29, 1.82) is 0 Å². The Hall–Kier alpha value is -3.40. The summed E-state index contributed by atoms with van der Waals surface area (Å²) in [6.07, 6.45) is 0. The van der Waals surface area contributed by atoms with E-state index >= 15 is 0 Å². The summed E-state index contributed by atoms with van der Waals surface area (Å²) in [6, 6.07) is 11.0. The van der Waals surface area contributed by atoms with Gasteiger partial charge in [0, 0.05) is 19.2 Å². The van der Waals surface area contributed by atoms with E-state index in [2.05, 4.69) is 10.2 Å². The largest absolute Gasteiger partial charge is 0.497 e. The molecule has 0 unspecified atom stereocenters. The van der Waals surface area contributed by atoms with Crippen molar-refractivity contribution in [3.05, 3.63) is 42.0 Å². The third-order valence-corrected chi connectivity index (χ3v) is 5.42. The molecule has 0 atom stereocenters. The molecule has 0 radical (unpaired) electrons. The maximum atomic E-state index is 12.5. The minimum Gasteiger partial charge on any atom is -0.497 e. The lowest BCUT2D eigenvalue weighted by Gasteiger charge is -2.17. The van der Waals surface area contributed by atoms with Gasteiger partial charge in [-0.1, -0.05) is 23.9 Å². The van der Waals surface area contributed by atoms with Gasteiger partial charge in [-0.3, -0.25) is 4.79 Å². The molecule has 0 aliphatic heterocycles. The van der Waals surface area contributed by atoms with Crippen molar-refractivity contribution >= 4 is 17.7 Å². The zero-order chi connectivity index (χ0) is 23.1. The van der Waals surface area contributed by atoms with E-state index in [1.165, 1.54) is 33.1 Å². The lowest BCUT2D eigenvalue weighted by Crippen LogP contribution is -2.27. The van der Waals surface area contributed by atoms with Crippen LogP contribution in [-0.2, 0) is 11.3 Å². The Balaban J connectivity index is 1.64. The van der Waals surface area contributed by atoms with E-state index in [-0.39, 0.29) is 22.8 Å². The Morgan fingerprint density at radius 3 is 2.34 bits per heavy atom. The lowest BCUT2D eigenvalue weighted by atomic mass is 10.2. The summed E-state index contributed by atoms with van der Waals surface area (Å²) >= 11 is 1.17. The number of thioether (sulfide) groups is 1. The van der Waals surface area contributed by atoms with Crippen molar-refractivity contribution in [2.75, 3.05) is 41.2 Å². The highest BCUT2D eigenvalue weighted by Crippen LogP contribution is 2.41. The van der Waals surface area contributed by atoms with Crippen LogP contribution in [0.4, 0.5) is 0 Å². The number of carbonyl (C=O) groups excluding carboxylic acids is 1. The molecule has 0 spiro atoms. The first-order chi connectivity index (χ1) is 15.5. The molecule has 1 aromatic heterocycles. The zero-order valence-corrected chi connectivity index (χ0v) is 19.4. The summed E-state index contributed by atoms with van der Waals surface area (Å²) in [5.41, 5.74) is 1.59. The van der Waals surface area contributed by atoms with E-state index < -0.39 is 0 Å². The van der Waals surface area contributed by atoms with Gasteiger partial charge in [-0.2, -0.15) is 0 Å². The predicted octanol–water partition coefficient (Wildman–Crippen LogP) is 3.52. The smallest absolute Gasteiger partial charge is 0.277 e. The van der Waals surface area contributed by atoms with E-state index in [1.54, 1.807) is 31.2 Å². The maximum Gasteiger partial charge on any atom is 0.277 e. The molecular weight excluding hydrogens is 434 g/mol. The number of hydrogen-bond acceptors (Lipinski definition) is 9. The minimum atomic E-state index is -0.0645. The number of benzene rings is 2. The standard InChI is InChI=1S/C22H25N3O6S/c1-25(12-14-7-6-8-16(9-14)27-2)19(26)13-32-22-24-23-21(31-22)15-10-17(28-3)20(30-5)18(11-15)29-4/h6-11H,12-13H2,1-5H3. The van der Waals surface area contributed by atoms with Crippen molar-refractivity contribution in [2.45, 2.75) is 11.8 Å². The van der Waals surface area contributed by atoms with Crippen LogP contribution >= 0.6 is 11.8 Å². The van der Waals surface area contributed by atoms with E-state index in [0.717, 1.165) is 11.3 Å². The van der Waals surface area contributed by atoms with Crippen molar-refractivity contribution in [3.8, 4) is 34.5 Å².